The predicted octanol–water partition coefficient (Wildman–Crippen LogP) is 5.19. The lowest BCUT2D eigenvalue weighted by Gasteiger charge is -2.25. The summed E-state index contributed by atoms with van der Waals surface area (Å²) in [5, 5.41) is 7.12. The van der Waals surface area contributed by atoms with Crippen LogP contribution >= 0.6 is 11.6 Å². The van der Waals surface area contributed by atoms with E-state index in [0.29, 0.717) is 11.8 Å². The zero-order chi connectivity index (χ0) is 18.1. The summed E-state index contributed by atoms with van der Waals surface area (Å²) in [5.41, 5.74) is 3.77. The van der Waals surface area contributed by atoms with Crippen molar-refractivity contribution >= 4 is 29.0 Å². The Morgan fingerprint density at radius 3 is 2.69 bits per heavy atom. The maximum Gasteiger partial charge on any atom is 0.253 e. The predicted molar refractivity (Wildman–Crippen MR) is 105 cm³/mol. The molecule has 2 N–H and O–H groups in total. The van der Waals surface area contributed by atoms with Gasteiger partial charge in [0.2, 0.25) is 0 Å². The van der Waals surface area contributed by atoms with Crippen molar-refractivity contribution in [3.63, 3.8) is 0 Å². The van der Waals surface area contributed by atoms with Crippen molar-refractivity contribution in [2.45, 2.75) is 44.9 Å². The third-order valence-electron chi connectivity index (χ3n) is 5.42. The number of amides is 1. The Bertz CT molecular complexity index is 828. The molecule has 0 aliphatic heterocycles. The van der Waals surface area contributed by atoms with E-state index in [1.807, 2.05) is 31.2 Å². The highest BCUT2D eigenvalue weighted by atomic mass is 35.5. The molecule has 4 nitrogen and oxygen atoms in total. The van der Waals surface area contributed by atoms with Gasteiger partial charge in [0.25, 0.3) is 5.91 Å². The molecule has 1 amide bonds. The van der Waals surface area contributed by atoms with Gasteiger partial charge in [-0.2, -0.15) is 0 Å². The van der Waals surface area contributed by atoms with Crippen molar-refractivity contribution < 1.29 is 4.79 Å². The molecule has 26 heavy (non-hydrogen) atoms. The molecular formula is C21H24ClN3O. The van der Waals surface area contributed by atoms with Gasteiger partial charge in [-0.3, -0.25) is 4.79 Å². The molecule has 2 fully saturated rings. The Balaban J connectivity index is 1.51. The molecule has 0 saturated heterocycles. The first kappa shape index (κ1) is 17.3. The lowest BCUT2D eigenvalue weighted by atomic mass is 9.85. The average molecular weight is 370 g/mol. The average Bonchev–Trinajstić information content (AvgIpc) is 3.41. The molecule has 1 heterocycles. The van der Waals surface area contributed by atoms with Crippen LogP contribution in [0, 0.1) is 12.8 Å². The number of hydrogen-bond acceptors (Lipinski definition) is 3. The first-order chi connectivity index (χ1) is 12.6. The first-order valence-electron chi connectivity index (χ1n) is 9.41. The number of pyridine rings is 1. The van der Waals surface area contributed by atoms with Crippen molar-refractivity contribution in [3.05, 3.63) is 52.2 Å². The van der Waals surface area contributed by atoms with Gasteiger partial charge in [0.05, 0.1) is 5.56 Å². The summed E-state index contributed by atoms with van der Waals surface area (Å²) in [5.74, 6) is 1.90. The first-order valence-corrected chi connectivity index (χ1v) is 9.79. The second-order valence-electron chi connectivity index (χ2n) is 7.53. The highest BCUT2D eigenvalue weighted by molar-refractivity contribution is 6.31. The van der Waals surface area contributed by atoms with Crippen LogP contribution in [0.4, 0.5) is 11.5 Å². The quantitative estimate of drug-likeness (QED) is 0.736. The van der Waals surface area contributed by atoms with Crippen LogP contribution in [0.15, 0.2) is 30.5 Å². The fraction of sp³-hybridized carbons (Fsp3) is 0.429. The highest BCUT2D eigenvalue weighted by Crippen LogP contribution is 2.42. The van der Waals surface area contributed by atoms with E-state index < -0.39 is 0 Å². The Hall–Kier alpha value is -2.07. The van der Waals surface area contributed by atoms with E-state index in [0.717, 1.165) is 52.6 Å². The Labute approximate surface area is 159 Å². The number of benzene rings is 1. The van der Waals surface area contributed by atoms with Gasteiger partial charge in [0.1, 0.15) is 5.82 Å². The number of aromatic nitrogens is 1. The zero-order valence-electron chi connectivity index (χ0n) is 15.0. The molecule has 0 unspecified atom stereocenters. The van der Waals surface area contributed by atoms with Crippen LogP contribution in [0.2, 0.25) is 5.02 Å². The lowest BCUT2D eigenvalue weighted by Crippen LogP contribution is -2.32. The second-order valence-corrected chi connectivity index (χ2v) is 7.93. The maximum absolute atomic E-state index is 12.6. The number of aryl methyl sites for hydroxylation is 1. The Morgan fingerprint density at radius 2 is 2.04 bits per heavy atom. The van der Waals surface area contributed by atoms with E-state index in [1.165, 1.54) is 19.3 Å². The molecule has 0 radical (unpaired) electrons. The van der Waals surface area contributed by atoms with Gasteiger partial charge in [-0.1, -0.05) is 24.1 Å². The fourth-order valence-corrected chi connectivity index (χ4v) is 3.49. The topological polar surface area (TPSA) is 54.0 Å². The van der Waals surface area contributed by atoms with Crippen LogP contribution in [0.25, 0.3) is 0 Å². The summed E-state index contributed by atoms with van der Waals surface area (Å²) in [6.45, 7) is 2.76. The molecular weight excluding hydrogens is 346 g/mol. The van der Waals surface area contributed by atoms with Gasteiger partial charge in [-0.25, -0.2) is 4.98 Å². The fourth-order valence-electron chi connectivity index (χ4n) is 3.31. The number of nitrogens with one attached hydrogen (secondary N) is 2. The van der Waals surface area contributed by atoms with Crippen LogP contribution in [-0.4, -0.2) is 17.4 Å². The van der Waals surface area contributed by atoms with Crippen LogP contribution < -0.4 is 10.6 Å². The molecule has 0 atom stereocenters. The summed E-state index contributed by atoms with van der Waals surface area (Å²) in [7, 11) is 0. The number of carbonyl (C=O) groups excluding carboxylic acids is 1. The highest BCUT2D eigenvalue weighted by Gasteiger charge is 2.29. The molecule has 2 aromatic rings. The Morgan fingerprint density at radius 1 is 1.23 bits per heavy atom. The zero-order valence-corrected chi connectivity index (χ0v) is 15.8. The lowest BCUT2D eigenvalue weighted by molar-refractivity contribution is 0.0937. The van der Waals surface area contributed by atoms with E-state index in [1.54, 1.807) is 6.20 Å². The van der Waals surface area contributed by atoms with Crippen molar-refractivity contribution in [1.82, 2.24) is 10.3 Å². The number of halogens is 1. The molecule has 1 aromatic heterocycles. The number of carbonyl (C=O) groups is 1. The largest absolute Gasteiger partial charge is 0.352 e. The van der Waals surface area contributed by atoms with Gasteiger partial charge >= 0.3 is 0 Å². The van der Waals surface area contributed by atoms with Crippen molar-refractivity contribution in [1.29, 1.82) is 0 Å². The van der Waals surface area contributed by atoms with E-state index in [4.69, 9.17) is 11.6 Å². The van der Waals surface area contributed by atoms with E-state index >= 15 is 0 Å². The van der Waals surface area contributed by atoms with Gasteiger partial charge < -0.3 is 10.6 Å². The second kappa shape index (κ2) is 7.28. The van der Waals surface area contributed by atoms with Crippen LogP contribution in [0.5, 0.6) is 0 Å². The third kappa shape index (κ3) is 3.85. The molecule has 2 aliphatic rings. The van der Waals surface area contributed by atoms with Crippen LogP contribution in [-0.2, 0) is 0 Å². The number of nitrogens with zero attached hydrogens (tertiary/aromatic N) is 1. The monoisotopic (exact) mass is 369 g/mol. The Kier molecular flexibility index (Phi) is 4.86. The number of rotatable bonds is 6. The summed E-state index contributed by atoms with van der Waals surface area (Å²) in [6, 6.07) is 7.88. The maximum atomic E-state index is 12.6. The minimum absolute atomic E-state index is 0.0104. The molecule has 2 saturated carbocycles. The van der Waals surface area contributed by atoms with Crippen molar-refractivity contribution in [2.75, 3.05) is 11.9 Å². The summed E-state index contributed by atoms with van der Waals surface area (Å²) >= 11 is 6.20. The number of anilines is 2. The van der Waals surface area contributed by atoms with Gasteiger partial charge in [-0.05, 0) is 73.8 Å². The molecule has 1 aromatic carbocycles. The van der Waals surface area contributed by atoms with E-state index in [-0.39, 0.29) is 5.91 Å². The minimum Gasteiger partial charge on any atom is -0.352 e. The number of hydrogen-bond donors (Lipinski definition) is 2. The minimum atomic E-state index is 0.0104. The molecule has 0 bridgehead atoms. The SMILES string of the molecule is Cc1ccc(Nc2cc(C3CC3)c(C(=O)NCC3CCC3)cn2)cc1Cl. The molecule has 0 spiro atoms. The standard InChI is InChI=1S/C21H24ClN3O/c1-13-5-8-16(9-19(13)22)25-20-10-17(15-6-7-15)18(12-23-20)21(26)24-11-14-3-2-4-14/h5,8-10,12,14-15H,2-4,6-7,11H2,1H3,(H,23,25)(H,24,26). The smallest absolute Gasteiger partial charge is 0.253 e. The normalized spacial score (nSPS) is 16.8. The molecule has 136 valence electrons. The van der Waals surface area contributed by atoms with Crippen molar-refractivity contribution in [2.24, 2.45) is 5.92 Å². The van der Waals surface area contributed by atoms with Gasteiger partial charge in [-0.15, -0.1) is 0 Å². The van der Waals surface area contributed by atoms with Crippen LogP contribution in [0.1, 0.15) is 59.5 Å². The molecule has 4 rings (SSSR count). The van der Waals surface area contributed by atoms with Crippen molar-refractivity contribution in [3.8, 4) is 0 Å². The summed E-state index contributed by atoms with van der Waals surface area (Å²) < 4.78 is 0. The van der Waals surface area contributed by atoms with Gasteiger partial charge in [0.15, 0.2) is 0 Å². The van der Waals surface area contributed by atoms with Crippen LogP contribution in [0.3, 0.4) is 0 Å². The van der Waals surface area contributed by atoms with E-state index in [2.05, 4.69) is 15.6 Å². The third-order valence-corrected chi connectivity index (χ3v) is 5.83. The van der Waals surface area contributed by atoms with E-state index in [9.17, 15) is 4.79 Å². The summed E-state index contributed by atoms with van der Waals surface area (Å²) in [4.78, 5) is 17.1. The summed E-state index contributed by atoms with van der Waals surface area (Å²) in [6.07, 6.45) is 7.75. The molecule has 5 heteroatoms. The molecule has 2 aliphatic carbocycles. The van der Waals surface area contributed by atoms with Gasteiger partial charge in [0, 0.05) is 23.5 Å².